The molecular weight excluding hydrogens is 368 g/mol. The molecule has 0 aliphatic carbocycles. The Balaban J connectivity index is 1.54. The van der Waals surface area contributed by atoms with Crippen LogP contribution in [0.1, 0.15) is 49.0 Å². The van der Waals surface area contributed by atoms with Gasteiger partial charge in [0, 0.05) is 25.3 Å². The SMILES string of the molecule is Cc1noc(C2CCN(C(=O)NC(C)c3ccc(S(C)(=O)=O)cc3)CC2)n1. The Morgan fingerprint density at radius 2 is 1.89 bits per heavy atom. The van der Waals surface area contributed by atoms with Crippen molar-refractivity contribution < 1.29 is 17.7 Å². The van der Waals surface area contributed by atoms with Gasteiger partial charge in [-0.1, -0.05) is 17.3 Å². The van der Waals surface area contributed by atoms with E-state index in [0.29, 0.717) is 24.8 Å². The van der Waals surface area contributed by atoms with Gasteiger partial charge < -0.3 is 14.7 Å². The van der Waals surface area contributed by atoms with Gasteiger partial charge in [-0.3, -0.25) is 0 Å². The van der Waals surface area contributed by atoms with E-state index < -0.39 is 9.84 Å². The van der Waals surface area contributed by atoms with Crippen molar-refractivity contribution in [3.05, 3.63) is 41.5 Å². The van der Waals surface area contributed by atoms with Crippen molar-refractivity contribution in [2.75, 3.05) is 19.3 Å². The van der Waals surface area contributed by atoms with Gasteiger partial charge in [-0.15, -0.1) is 0 Å². The summed E-state index contributed by atoms with van der Waals surface area (Å²) in [6.07, 6.45) is 2.74. The molecule has 3 rings (SSSR count). The smallest absolute Gasteiger partial charge is 0.317 e. The third kappa shape index (κ3) is 4.65. The van der Waals surface area contributed by atoms with Crippen LogP contribution in [0.5, 0.6) is 0 Å². The Hall–Kier alpha value is -2.42. The van der Waals surface area contributed by atoms with Gasteiger partial charge in [0.15, 0.2) is 15.7 Å². The molecule has 8 nitrogen and oxygen atoms in total. The van der Waals surface area contributed by atoms with Crippen LogP contribution in [0.15, 0.2) is 33.7 Å². The number of sulfone groups is 1. The number of urea groups is 1. The predicted molar refractivity (Wildman–Crippen MR) is 99.1 cm³/mol. The lowest BCUT2D eigenvalue weighted by atomic mass is 9.97. The number of likely N-dealkylation sites (tertiary alicyclic amines) is 1. The minimum Gasteiger partial charge on any atom is -0.339 e. The molecule has 0 spiro atoms. The molecule has 0 bridgehead atoms. The normalized spacial score (nSPS) is 16.9. The summed E-state index contributed by atoms with van der Waals surface area (Å²) in [7, 11) is -3.22. The molecule has 1 aromatic carbocycles. The summed E-state index contributed by atoms with van der Waals surface area (Å²) in [4.78, 5) is 18.8. The fourth-order valence-corrected chi connectivity index (χ4v) is 3.80. The molecular formula is C18H24N4O4S. The van der Waals surface area contributed by atoms with Crippen molar-refractivity contribution >= 4 is 15.9 Å². The Bertz CT molecular complexity index is 900. The quantitative estimate of drug-likeness (QED) is 0.857. The monoisotopic (exact) mass is 392 g/mol. The number of carbonyl (C=O) groups is 1. The maximum atomic E-state index is 12.5. The van der Waals surface area contributed by atoms with E-state index >= 15 is 0 Å². The molecule has 1 N–H and O–H groups in total. The first kappa shape index (κ1) is 19.3. The molecule has 1 aromatic heterocycles. The number of aryl methyl sites for hydroxylation is 1. The molecule has 2 aromatic rings. The summed E-state index contributed by atoms with van der Waals surface area (Å²) in [5.41, 5.74) is 0.854. The highest BCUT2D eigenvalue weighted by atomic mass is 32.2. The average Bonchev–Trinajstić information content (AvgIpc) is 3.07. The first-order valence-corrected chi connectivity index (χ1v) is 10.8. The second-order valence-electron chi connectivity index (χ2n) is 6.95. The number of hydrogen-bond donors (Lipinski definition) is 1. The Morgan fingerprint density at radius 1 is 1.26 bits per heavy atom. The fourth-order valence-electron chi connectivity index (χ4n) is 3.17. The lowest BCUT2D eigenvalue weighted by molar-refractivity contribution is 0.172. The largest absolute Gasteiger partial charge is 0.339 e. The number of rotatable bonds is 4. The van der Waals surface area contributed by atoms with E-state index in [1.54, 1.807) is 36.1 Å². The van der Waals surface area contributed by atoms with Gasteiger partial charge in [-0.25, -0.2) is 13.2 Å². The maximum Gasteiger partial charge on any atom is 0.317 e. The second kappa shape index (κ2) is 7.67. The molecule has 1 atom stereocenters. The van der Waals surface area contributed by atoms with Crippen molar-refractivity contribution in [1.29, 1.82) is 0 Å². The summed E-state index contributed by atoms with van der Waals surface area (Å²) in [6.45, 7) is 4.91. The van der Waals surface area contributed by atoms with Crippen molar-refractivity contribution in [3.8, 4) is 0 Å². The summed E-state index contributed by atoms with van der Waals surface area (Å²) >= 11 is 0. The maximum absolute atomic E-state index is 12.5. The van der Waals surface area contributed by atoms with Crippen molar-refractivity contribution in [1.82, 2.24) is 20.4 Å². The van der Waals surface area contributed by atoms with Crippen molar-refractivity contribution in [2.45, 2.75) is 43.5 Å². The molecule has 1 fully saturated rings. The summed E-state index contributed by atoms with van der Waals surface area (Å²) in [5, 5.41) is 6.79. The fraction of sp³-hybridized carbons (Fsp3) is 0.500. The standard InChI is InChI=1S/C18H24N4O4S/c1-12(14-4-6-16(7-5-14)27(3,24)25)19-18(23)22-10-8-15(9-11-22)17-20-13(2)21-26-17/h4-7,12,15H,8-11H2,1-3H3,(H,19,23). The van der Waals surface area contributed by atoms with E-state index in [2.05, 4.69) is 15.5 Å². The highest BCUT2D eigenvalue weighted by Gasteiger charge is 2.27. The minimum atomic E-state index is -3.22. The van der Waals surface area contributed by atoms with E-state index in [9.17, 15) is 13.2 Å². The Labute approximate surface area is 158 Å². The topological polar surface area (TPSA) is 105 Å². The summed E-state index contributed by atoms with van der Waals surface area (Å²) in [6, 6.07) is 6.23. The number of amides is 2. The Morgan fingerprint density at radius 3 is 2.41 bits per heavy atom. The molecule has 1 saturated heterocycles. The van der Waals surface area contributed by atoms with Gasteiger partial charge in [0.2, 0.25) is 5.89 Å². The van der Waals surface area contributed by atoms with Crippen LogP contribution in [0.4, 0.5) is 4.79 Å². The number of piperidine rings is 1. The first-order chi connectivity index (χ1) is 12.7. The number of aromatic nitrogens is 2. The zero-order valence-electron chi connectivity index (χ0n) is 15.7. The van der Waals surface area contributed by atoms with Gasteiger partial charge in [0.05, 0.1) is 10.9 Å². The molecule has 9 heteroatoms. The van der Waals surface area contributed by atoms with Crippen molar-refractivity contribution in [2.24, 2.45) is 0 Å². The molecule has 1 unspecified atom stereocenters. The van der Waals surface area contributed by atoms with Crippen LogP contribution in [0.25, 0.3) is 0 Å². The van der Waals surface area contributed by atoms with Crippen LogP contribution in [-0.2, 0) is 9.84 Å². The van der Waals surface area contributed by atoms with Gasteiger partial charge in [-0.05, 0) is 44.4 Å². The lowest BCUT2D eigenvalue weighted by Gasteiger charge is -2.31. The van der Waals surface area contributed by atoms with Crippen LogP contribution < -0.4 is 5.32 Å². The average molecular weight is 392 g/mol. The third-order valence-corrected chi connectivity index (χ3v) is 5.95. The van der Waals surface area contributed by atoms with Crippen LogP contribution >= 0.6 is 0 Å². The molecule has 0 saturated carbocycles. The number of benzene rings is 1. The van der Waals surface area contributed by atoms with Gasteiger partial charge in [0.1, 0.15) is 0 Å². The zero-order chi connectivity index (χ0) is 19.6. The summed E-state index contributed by atoms with van der Waals surface area (Å²) < 4.78 is 28.3. The number of hydrogen-bond acceptors (Lipinski definition) is 6. The van der Waals surface area contributed by atoms with E-state index in [1.807, 2.05) is 6.92 Å². The van der Waals surface area contributed by atoms with Gasteiger partial charge in [-0.2, -0.15) is 4.98 Å². The highest BCUT2D eigenvalue weighted by molar-refractivity contribution is 7.90. The van der Waals surface area contributed by atoms with Crippen LogP contribution in [0.3, 0.4) is 0 Å². The molecule has 27 heavy (non-hydrogen) atoms. The number of nitrogens with zero attached hydrogens (tertiary/aromatic N) is 3. The molecule has 2 heterocycles. The predicted octanol–water partition coefficient (Wildman–Crippen LogP) is 2.43. The molecule has 1 aliphatic heterocycles. The zero-order valence-corrected chi connectivity index (χ0v) is 16.5. The minimum absolute atomic E-state index is 0.130. The molecule has 1 aliphatic rings. The van der Waals surface area contributed by atoms with Crippen LogP contribution in [0, 0.1) is 6.92 Å². The molecule has 2 amide bonds. The second-order valence-corrected chi connectivity index (χ2v) is 8.97. The van der Waals surface area contributed by atoms with E-state index in [4.69, 9.17) is 4.52 Å². The lowest BCUT2D eigenvalue weighted by Crippen LogP contribution is -2.44. The van der Waals surface area contributed by atoms with Crippen LogP contribution in [-0.4, -0.2) is 48.8 Å². The molecule has 146 valence electrons. The Kier molecular flexibility index (Phi) is 5.50. The number of carbonyl (C=O) groups excluding carboxylic acids is 1. The first-order valence-electron chi connectivity index (χ1n) is 8.89. The third-order valence-electron chi connectivity index (χ3n) is 4.82. The van der Waals surface area contributed by atoms with Crippen LogP contribution in [0.2, 0.25) is 0 Å². The summed E-state index contributed by atoms with van der Waals surface area (Å²) in [5.74, 6) is 1.46. The van der Waals surface area contributed by atoms with E-state index in [-0.39, 0.29) is 22.9 Å². The van der Waals surface area contributed by atoms with Crippen molar-refractivity contribution in [3.63, 3.8) is 0 Å². The van der Waals surface area contributed by atoms with E-state index in [0.717, 1.165) is 18.4 Å². The van der Waals surface area contributed by atoms with Gasteiger partial charge in [0.25, 0.3) is 0 Å². The molecule has 0 radical (unpaired) electrons. The van der Waals surface area contributed by atoms with Gasteiger partial charge >= 0.3 is 6.03 Å². The highest BCUT2D eigenvalue weighted by Crippen LogP contribution is 2.27. The number of nitrogens with one attached hydrogen (secondary N) is 1. The van der Waals surface area contributed by atoms with E-state index in [1.165, 1.54) is 6.26 Å².